The van der Waals surface area contributed by atoms with Crippen molar-refractivity contribution in [3.8, 4) is 0 Å². The molecule has 2 rings (SSSR count). The summed E-state index contributed by atoms with van der Waals surface area (Å²) in [7, 11) is 0. The second kappa shape index (κ2) is 5.11. The van der Waals surface area contributed by atoms with Crippen LogP contribution in [0, 0.1) is 13.8 Å². The zero-order chi connectivity index (χ0) is 12.3. The van der Waals surface area contributed by atoms with E-state index in [-0.39, 0.29) is 5.78 Å². The number of carbonyl (C=O) groups is 1. The summed E-state index contributed by atoms with van der Waals surface area (Å²) < 4.78 is 0. The van der Waals surface area contributed by atoms with Gasteiger partial charge >= 0.3 is 0 Å². The van der Waals surface area contributed by atoms with Crippen LogP contribution in [0.15, 0.2) is 42.5 Å². The van der Waals surface area contributed by atoms with Crippen LogP contribution in [0.5, 0.6) is 0 Å². The van der Waals surface area contributed by atoms with Crippen LogP contribution < -0.4 is 0 Å². The predicted octanol–water partition coefficient (Wildman–Crippen LogP) is 4.26. The van der Waals surface area contributed by atoms with Crippen molar-refractivity contribution >= 4 is 23.2 Å². The second-order valence-electron chi connectivity index (χ2n) is 4.02. The van der Waals surface area contributed by atoms with Crippen molar-refractivity contribution < 1.29 is 4.79 Å². The normalized spacial score (nSPS) is 10.9. The van der Waals surface area contributed by atoms with Crippen molar-refractivity contribution in [3.63, 3.8) is 0 Å². The van der Waals surface area contributed by atoms with E-state index >= 15 is 0 Å². The molecular formula is C15H14OS. The summed E-state index contributed by atoms with van der Waals surface area (Å²) in [6, 6.07) is 12.0. The Kier molecular flexibility index (Phi) is 3.55. The molecule has 0 amide bonds. The fraction of sp³-hybridized carbons (Fsp3) is 0.133. The summed E-state index contributed by atoms with van der Waals surface area (Å²) in [5.41, 5.74) is 2.28. The fourth-order valence-electron chi connectivity index (χ4n) is 1.50. The van der Waals surface area contributed by atoms with Crippen LogP contribution in [0.1, 0.15) is 25.7 Å². The number of rotatable bonds is 3. The monoisotopic (exact) mass is 242 g/mol. The zero-order valence-corrected chi connectivity index (χ0v) is 10.8. The van der Waals surface area contributed by atoms with Gasteiger partial charge in [0.2, 0.25) is 0 Å². The predicted molar refractivity (Wildman–Crippen MR) is 73.6 cm³/mol. The minimum Gasteiger partial charge on any atom is -0.288 e. The molecule has 86 valence electrons. The molecule has 0 radical (unpaired) electrons. The molecule has 0 fully saturated rings. The Hall–Kier alpha value is -1.67. The van der Waals surface area contributed by atoms with E-state index in [0.717, 1.165) is 15.3 Å². The van der Waals surface area contributed by atoms with E-state index in [9.17, 15) is 4.79 Å². The number of benzene rings is 1. The van der Waals surface area contributed by atoms with Crippen molar-refractivity contribution in [2.24, 2.45) is 0 Å². The Bertz CT molecular complexity index is 547. The summed E-state index contributed by atoms with van der Waals surface area (Å²) in [5.74, 6) is 0.0728. The molecule has 0 saturated carbocycles. The first kappa shape index (κ1) is 11.8. The fourth-order valence-corrected chi connectivity index (χ4v) is 2.29. The van der Waals surface area contributed by atoms with Crippen LogP contribution in [0.4, 0.5) is 0 Å². The van der Waals surface area contributed by atoms with Gasteiger partial charge in [-0.25, -0.2) is 0 Å². The second-order valence-corrected chi connectivity index (χ2v) is 5.31. The number of hydrogen-bond donors (Lipinski definition) is 0. The molecule has 1 heterocycles. The molecule has 17 heavy (non-hydrogen) atoms. The number of hydrogen-bond acceptors (Lipinski definition) is 2. The highest BCUT2D eigenvalue weighted by Gasteiger charge is 2.03. The van der Waals surface area contributed by atoms with Crippen LogP contribution in [0.2, 0.25) is 0 Å². The minimum absolute atomic E-state index is 0.0728. The molecule has 0 N–H and O–H groups in total. The van der Waals surface area contributed by atoms with Crippen molar-refractivity contribution in [1.82, 2.24) is 0 Å². The Morgan fingerprint density at radius 2 is 1.76 bits per heavy atom. The molecule has 0 atom stereocenters. The van der Waals surface area contributed by atoms with E-state index in [0.29, 0.717) is 0 Å². The summed E-state index contributed by atoms with van der Waals surface area (Å²) in [6.45, 7) is 4.05. The van der Waals surface area contributed by atoms with Crippen LogP contribution >= 0.6 is 11.3 Å². The molecule has 0 saturated heterocycles. The maximum Gasteiger partial charge on any atom is 0.195 e. The average molecular weight is 242 g/mol. The van der Waals surface area contributed by atoms with Gasteiger partial charge < -0.3 is 0 Å². The maximum atomic E-state index is 11.8. The molecule has 0 unspecified atom stereocenters. The largest absolute Gasteiger partial charge is 0.288 e. The molecule has 1 aromatic carbocycles. The standard InChI is InChI=1S/C15H14OS/c1-11-3-6-13(7-4-11)8-9-14(16)15-10-5-12(2)17-15/h3-10H,1-2H3/b9-8+. The third kappa shape index (κ3) is 3.14. The molecule has 0 spiro atoms. The van der Waals surface area contributed by atoms with Crippen LogP contribution in [-0.2, 0) is 0 Å². The van der Waals surface area contributed by atoms with E-state index in [1.54, 1.807) is 6.08 Å². The lowest BCUT2D eigenvalue weighted by atomic mass is 10.1. The van der Waals surface area contributed by atoms with E-state index in [4.69, 9.17) is 0 Å². The van der Waals surface area contributed by atoms with Crippen LogP contribution in [0.25, 0.3) is 6.08 Å². The molecule has 1 aromatic heterocycles. The van der Waals surface area contributed by atoms with E-state index in [2.05, 4.69) is 0 Å². The number of thiophene rings is 1. The van der Waals surface area contributed by atoms with Gasteiger partial charge in [0.15, 0.2) is 5.78 Å². The van der Waals surface area contributed by atoms with Crippen LogP contribution in [0.3, 0.4) is 0 Å². The highest BCUT2D eigenvalue weighted by molar-refractivity contribution is 7.14. The Labute approximate surface area is 105 Å². The molecule has 0 aliphatic rings. The summed E-state index contributed by atoms with van der Waals surface area (Å²) in [5, 5.41) is 0. The molecule has 0 aliphatic carbocycles. The molecule has 1 nitrogen and oxygen atoms in total. The van der Waals surface area contributed by atoms with Crippen molar-refractivity contribution in [3.05, 3.63) is 63.4 Å². The first-order valence-electron chi connectivity index (χ1n) is 5.51. The SMILES string of the molecule is Cc1ccc(/C=C/C(=O)c2ccc(C)s2)cc1. The van der Waals surface area contributed by atoms with E-state index in [1.807, 2.05) is 56.3 Å². The minimum atomic E-state index is 0.0728. The number of aryl methyl sites for hydroxylation is 2. The third-order valence-electron chi connectivity index (χ3n) is 2.49. The molecular weight excluding hydrogens is 228 g/mol. The van der Waals surface area contributed by atoms with Gasteiger partial charge in [-0.3, -0.25) is 4.79 Å². The third-order valence-corrected chi connectivity index (χ3v) is 3.50. The molecule has 0 bridgehead atoms. The maximum absolute atomic E-state index is 11.8. The summed E-state index contributed by atoms with van der Waals surface area (Å²) in [6.07, 6.45) is 3.49. The van der Waals surface area contributed by atoms with Gasteiger partial charge in [0.1, 0.15) is 0 Å². The van der Waals surface area contributed by atoms with Gasteiger partial charge in [0, 0.05) is 4.88 Å². The highest BCUT2D eigenvalue weighted by atomic mass is 32.1. The van der Waals surface area contributed by atoms with Gasteiger partial charge in [-0.15, -0.1) is 11.3 Å². The number of allylic oxidation sites excluding steroid dienone is 1. The number of carbonyl (C=O) groups excluding carboxylic acids is 1. The van der Waals surface area contributed by atoms with Crippen molar-refractivity contribution in [1.29, 1.82) is 0 Å². The Morgan fingerprint density at radius 3 is 2.35 bits per heavy atom. The topological polar surface area (TPSA) is 17.1 Å². The smallest absolute Gasteiger partial charge is 0.195 e. The van der Waals surface area contributed by atoms with Gasteiger partial charge in [-0.2, -0.15) is 0 Å². The van der Waals surface area contributed by atoms with Gasteiger partial charge in [-0.05, 0) is 37.6 Å². The van der Waals surface area contributed by atoms with Gasteiger partial charge in [0.25, 0.3) is 0 Å². The van der Waals surface area contributed by atoms with Crippen molar-refractivity contribution in [2.45, 2.75) is 13.8 Å². The molecule has 2 heteroatoms. The molecule has 0 aliphatic heterocycles. The van der Waals surface area contributed by atoms with Gasteiger partial charge in [0.05, 0.1) is 4.88 Å². The van der Waals surface area contributed by atoms with Gasteiger partial charge in [-0.1, -0.05) is 35.9 Å². The Morgan fingerprint density at radius 1 is 1.06 bits per heavy atom. The zero-order valence-electron chi connectivity index (χ0n) is 9.94. The first-order chi connectivity index (χ1) is 8.15. The van der Waals surface area contributed by atoms with Crippen LogP contribution in [-0.4, -0.2) is 5.78 Å². The van der Waals surface area contributed by atoms with Crippen molar-refractivity contribution in [2.75, 3.05) is 0 Å². The molecule has 2 aromatic rings. The Balaban J connectivity index is 2.10. The first-order valence-corrected chi connectivity index (χ1v) is 6.32. The van der Waals surface area contributed by atoms with E-state index in [1.165, 1.54) is 16.9 Å². The summed E-state index contributed by atoms with van der Waals surface area (Å²) >= 11 is 1.53. The summed E-state index contributed by atoms with van der Waals surface area (Å²) in [4.78, 5) is 13.8. The lowest BCUT2D eigenvalue weighted by molar-refractivity contribution is 0.105. The average Bonchev–Trinajstić information content (AvgIpc) is 2.75. The highest BCUT2D eigenvalue weighted by Crippen LogP contribution is 2.16. The lowest BCUT2D eigenvalue weighted by Crippen LogP contribution is -1.88. The number of ketones is 1. The quantitative estimate of drug-likeness (QED) is 0.580. The lowest BCUT2D eigenvalue weighted by Gasteiger charge is -1.94. The van der Waals surface area contributed by atoms with E-state index < -0.39 is 0 Å².